The van der Waals surface area contributed by atoms with Gasteiger partial charge in [0.1, 0.15) is 6.04 Å². The first-order valence-corrected chi connectivity index (χ1v) is 6.93. The summed E-state index contributed by atoms with van der Waals surface area (Å²) < 4.78 is 5.54. The number of hydrogen-bond donors (Lipinski definition) is 2. The van der Waals surface area contributed by atoms with Gasteiger partial charge in [-0.3, -0.25) is 4.79 Å². The zero-order valence-electron chi connectivity index (χ0n) is 11.2. The number of carbonyl (C=O) groups is 1. The number of ether oxygens (including phenoxy) is 1. The highest BCUT2D eigenvalue weighted by molar-refractivity contribution is 5.80. The Kier molecular flexibility index (Phi) is 5.36. The quantitative estimate of drug-likeness (QED) is 0.658. The molecular weight excluding hydrogens is 240 g/mol. The third-order valence-electron chi connectivity index (χ3n) is 3.24. The summed E-state index contributed by atoms with van der Waals surface area (Å²) in [7, 11) is 0. The predicted octanol–water partition coefficient (Wildman–Crippen LogP) is 1.24. The average Bonchev–Trinajstić information content (AvgIpc) is 3.22. The Labute approximate surface area is 114 Å². The fourth-order valence-corrected chi connectivity index (χ4v) is 1.97. The second-order valence-corrected chi connectivity index (χ2v) is 5.06. The van der Waals surface area contributed by atoms with Gasteiger partial charge in [0, 0.05) is 12.6 Å². The Morgan fingerprint density at radius 1 is 1.37 bits per heavy atom. The normalized spacial score (nSPS) is 16.2. The lowest BCUT2D eigenvalue weighted by Gasteiger charge is -2.15. The third kappa shape index (κ3) is 5.41. The molecule has 0 heterocycles. The molecule has 4 heteroatoms. The molecule has 0 aliphatic heterocycles. The van der Waals surface area contributed by atoms with Crippen LogP contribution in [0.2, 0.25) is 0 Å². The van der Waals surface area contributed by atoms with E-state index in [1.807, 2.05) is 18.2 Å². The molecule has 3 N–H and O–H groups in total. The number of nitrogens with one attached hydrogen (secondary N) is 1. The molecule has 1 saturated carbocycles. The molecule has 1 aromatic carbocycles. The maximum Gasteiger partial charge on any atom is 0.236 e. The number of primary amides is 1. The first-order chi connectivity index (χ1) is 9.25. The highest BCUT2D eigenvalue weighted by atomic mass is 16.5. The van der Waals surface area contributed by atoms with E-state index in [0.717, 1.165) is 25.7 Å². The lowest BCUT2D eigenvalue weighted by molar-refractivity contribution is -0.121. The SMILES string of the molecule is NC(=O)C(COCCCc1ccccc1)NC1CC1. The molecule has 104 valence electrons. The molecule has 2 rings (SSSR count). The van der Waals surface area contributed by atoms with E-state index in [0.29, 0.717) is 19.3 Å². The minimum absolute atomic E-state index is 0.324. The molecule has 0 radical (unpaired) electrons. The van der Waals surface area contributed by atoms with Crippen LogP contribution in [-0.2, 0) is 16.0 Å². The molecular formula is C15H22N2O2. The Hall–Kier alpha value is -1.39. The predicted molar refractivity (Wildman–Crippen MR) is 74.7 cm³/mol. The molecule has 1 aliphatic rings. The topological polar surface area (TPSA) is 64.4 Å². The highest BCUT2D eigenvalue weighted by Crippen LogP contribution is 2.19. The Balaban J connectivity index is 1.58. The molecule has 1 atom stereocenters. The first-order valence-electron chi connectivity index (χ1n) is 6.93. The lowest BCUT2D eigenvalue weighted by atomic mass is 10.1. The molecule has 1 aliphatic carbocycles. The van der Waals surface area contributed by atoms with Gasteiger partial charge in [-0.25, -0.2) is 0 Å². The van der Waals surface area contributed by atoms with E-state index in [9.17, 15) is 4.79 Å². The van der Waals surface area contributed by atoms with Crippen LogP contribution in [0.4, 0.5) is 0 Å². The van der Waals surface area contributed by atoms with Crippen molar-refractivity contribution < 1.29 is 9.53 Å². The second kappa shape index (κ2) is 7.26. The van der Waals surface area contributed by atoms with Crippen LogP contribution in [0.1, 0.15) is 24.8 Å². The van der Waals surface area contributed by atoms with Crippen molar-refractivity contribution in [1.82, 2.24) is 5.32 Å². The van der Waals surface area contributed by atoms with Gasteiger partial charge in [-0.1, -0.05) is 30.3 Å². The van der Waals surface area contributed by atoms with E-state index < -0.39 is 0 Å². The van der Waals surface area contributed by atoms with Crippen LogP contribution in [0, 0.1) is 0 Å². The molecule has 0 saturated heterocycles. The minimum Gasteiger partial charge on any atom is -0.379 e. The molecule has 1 fully saturated rings. The number of aryl methyl sites for hydroxylation is 1. The van der Waals surface area contributed by atoms with Gasteiger partial charge in [0.25, 0.3) is 0 Å². The summed E-state index contributed by atoms with van der Waals surface area (Å²) >= 11 is 0. The fraction of sp³-hybridized carbons (Fsp3) is 0.533. The summed E-state index contributed by atoms with van der Waals surface area (Å²) in [6.45, 7) is 1.03. The molecule has 1 amide bonds. The van der Waals surface area contributed by atoms with Crippen LogP contribution >= 0.6 is 0 Å². The molecule has 1 aromatic rings. The summed E-state index contributed by atoms with van der Waals surface area (Å²) in [6, 6.07) is 10.4. The average molecular weight is 262 g/mol. The van der Waals surface area contributed by atoms with Gasteiger partial charge in [0.05, 0.1) is 6.61 Å². The minimum atomic E-state index is -0.343. The standard InChI is InChI=1S/C15H22N2O2/c16-15(18)14(17-13-8-9-13)11-19-10-4-7-12-5-2-1-3-6-12/h1-3,5-6,13-14,17H,4,7-11H2,(H2,16,18). The molecule has 0 aromatic heterocycles. The number of benzene rings is 1. The Morgan fingerprint density at radius 3 is 2.74 bits per heavy atom. The van der Waals surface area contributed by atoms with E-state index in [-0.39, 0.29) is 11.9 Å². The van der Waals surface area contributed by atoms with E-state index in [4.69, 9.17) is 10.5 Å². The first kappa shape index (κ1) is 14.0. The van der Waals surface area contributed by atoms with E-state index in [1.54, 1.807) is 0 Å². The molecule has 0 bridgehead atoms. The van der Waals surface area contributed by atoms with Crippen LogP contribution in [0.5, 0.6) is 0 Å². The molecule has 4 nitrogen and oxygen atoms in total. The second-order valence-electron chi connectivity index (χ2n) is 5.06. The number of nitrogens with two attached hydrogens (primary N) is 1. The van der Waals surface area contributed by atoms with Crippen molar-refractivity contribution >= 4 is 5.91 Å². The van der Waals surface area contributed by atoms with Crippen molar-refractivity contribution in [1.29, 1.82) is 0 Å². The zero-order chi connectivity index (χ0) is 13.5. The largest absolute Gasteiger partial charge is 0.379 e. The Morgan fingerprint density at radius 2 is 2.11 bits per heavy atom. The van der Waals surface area contributed by atoms with Crippen LogP contribution in [0.25, 0.3) is 0 Å². The summed E-state index contributed by atoms with van der Waals surface area (Å²) in [5.74, 6) is -0.324. The number of hydrogen-bond acceptors (Lipinski definition) is 3. The van der Waals surface area contributed by atoms with Gasteiger partial charge in [-0.2, -0.15) is 0 Å². The van der Waals surface area contributed by atoms with Gasteiger partial charge in [-0.05, 0) is 31.2 Å². The Bertz CT molecular complexity index is 390. The van der Waals surface area contributed by atoms with Crippen LogP contribution in [0.15, 0.2) is 30.3 Å². The van der Waals surface area contributed by atoms with Gasteiger partial charge < -0.3 is 15.8 Å². The number of carbonyl (C=O) groups excluding carboxylic acids is 1. The van der Waals surface area contributed by atoms with E-state index in [2.05, 4.69) is 17.4 Å². The van der Waals surface area contributed by atoms with Gasteiger partial charge in [0.15, 0.2) is 0 Å². The van der Waals surface area contributed by atoms with Crippen molar-refractivity contribution in [3.05, 3.63) is 35.9 Å². The molecule has 1 unspecified atom stereocenters. The molecule has 0 spiro atoms. The number of rotatable bonds is 9. The van der Waals surface area contributed by atoms with Crippen molar-refractivity contribution in [2.24, 2.45) is 5.73 Å². The van der Waals surface area contributed by atoms with E-state index in [1.165, 1.54) is 5.56 Å². The van der Waals surface area contributed by atoms with Crippen molar-refractivity contribution in [2.45, 2.75) is 37.8 Å². The zero-order valence-corrected chi connectivity index (χ0v) is 11.2. The smallest absolute Gasteiger partial charge is 0.236 e. The summed E-state index contributed by atoms with van der Waals surface area (Å²) in [5, 5.41) is 3.20. The van der Waals surface area contributed by atoms with Crippen molar-refractivity contribution in [3.63, 3.8) is 0 Å². The summed E-state index contributed by atoms with van der Waals surface area (Å²) in [4.78, 5) is 11.2. The maximum atomic E-state index is 11.2. The van der Waals surface area contributed by atoms with Crippen molar-refractivity contribution in [3.8, 4) is 0 Å². The van der Waals surface area contributed by atoms with E-state index >= 15 is 0 Å². The number of amides is 1. The van der Waals surface area contributed by atoms with Gasteiger partial charge in [-0.15, -0.1) is 0 Å². The van der Waals surface area contributed by atoms with Crippen LogP contribution in [0.3, 0.4) is 0 Å². The van der Waals surface area contributed by atoms with Crippen LogP contribution < -0.4 is 11.1 Å². The van der Waals surface area contributed by atoms with Gasteiger partial charge in [0.2, 0.25) is 5.91 Å². The van der Waals surface area contributed by atoms with Crippen LogP contribution in [-0.4, -0.2) is 31.2 Å². The van der Waals surface area contributed by atoms with Crippen molar-refractivity contribution in [2.75, 3.05) is 13.2 Å². The fourth-order valence-electron chi connectivity index (χ4n) is 1.97. The highest BCUT2D eigenvalue weighted by Gasteiger charge is 2.27. The monoisotopic (exact) mass is 262 g/mol. The lowest BCUT2D eigenvalue weighted by Crippen LogP contribution is -2.45. The van der Waals surface area contributed by atoms with Gasteiger partial charge >= 0.3 is 0 Å². The third-order valence-corrected chi connectivity index (χ3v) is 3.24. The molecule has 19 heavy (non-hydrogen) atoms. The summed E-state index contributed by atoms with van der Waals surface area (Å²) in [5.41, 5.74) is 6.65. The maximum absolute atomic E-state index is 11.2. The summed E-state index contributed by atoms with van der Waals surface area (Å²) in [6.07, 6.45) is 4.23.